The van der Waals surface area contributed by atoms with Gasteiger partial charge in [-0.3, -0.25) is 0 Å². The molecule has 0 spiro atoms. The van der Waals surface area contributed by atoms with Crippen molar-refractivity contribution in [1.29, 1.82) is 0 Å². The number of nitrogens with one attached hydrogen (secondary N) is 1. The molecule has 1 heterocycles. The molecule has 5 heteroatoms. The van der Waals surface area contributed by atoms with Gasteiger partial charge in [0, 0.05) is 39.1 Å². The molecule has 0 saturated carbocycles. The number of imidazole rings is 1. The van der Waals surface area contributed by atoms with Crippen LogP contribution >= 0.6 is 0 Å². The summed E-state index contributed by atoms with van der Waals surface area (Å²) in [5, 5.41) is 3.32. The first kappa shape index (κ1) is 15.5. The maximum Gasteiger partial charge on any atom is 0.119 e. The van der Waals surface area contributed by atoms with Crippen molar-refractivity contribution in [1.82, 2.24) is 14.9 Å². The van der Waals surface area contributed by atoms with Gasteiger partial charge in [0.1, 0.15) is 5.75 Å². The molecular weight excluding hydrogens is 266 g/mol. The maximum absolute atomic E-state index is 5.79. The van der Waals surface area contributed by atoms with Crippen LogP contribution in [0.25, 0.3) is 0 Å². The van der Waals surface area contributed by atoms with Crippen LogP contribution in [0.5, 0.6) is 5.75 Å². The quantitative estimate of drug-likeness (QED) is 0.680. The van der Waals surface area contributed by atoms with Crippen LogP contribution in [0, 0.1) is 0 Å². The lowest BCUT2D eigenvalue weighted by Crippen LogP contribution is -2.18. The summed E-state index contributed by atoms with van der Waals surface area (Å²) in [4.78, 5) is 4.02. The summed E-state index contributed by atoms with van der Waals surface area (Å²) in [5.74, 6) is 0.923. The van der Waals surface area contributed by atoms with Crippen LogP contribution in [0.2, 0.25) is 0 Å². The van der Waals surface area contributed by atoms with Gasteiger partial charge in [0.25, 0.3) is 0 Å². The van der Waals surface area contributed by atoms with Crippen molar-refractivity contribution in [2.45, 2.75) is 19.5 Å². The Morgan fingerprint density at radius 2 is 2.24 bits per heavy atom. The standard InChI is InChI=1S/C16H23N3O2/c1-20-11-7-17-13-15-4-2-5-16(12-15)21-10-3-8-19-9-6-18-14-19/h2,4-6,9,12,14,17H,3,7-8,10-11,13H2,1H3. The lowest BCUT2D eigenvalue weighted by Gasteiger charge is -2.09. The highest BCUT2D eigenvalue weighted by atomic mass is 16.5. The lowest BCUT2D eigenvalue weighted by molar-refractivity contribution is 0.199. The van der Waals surface area contributed by atoms with Gasteiger partial charge in [-0.1, -0.05) is 12.1 Å². The SMILES string of the molecule is COCCNCc1cccc(OCCCn2ccnc2)c1. The normalized spacial score (nSPS) is 10.7. The minimum absolute atomic E-state index is 0.707. The molecule has 0 aliphatic carbocycles. The van der Waals surface area contributed by atoms with Crippen molar-refractivity contribution < 1.29 is 9.47 Å². The molecule has 1 aromatic carbocycles. The van der Waals surface area contributed by atoms with Gasteiger partial charge in [-0.25, -0.2) is 4.98 Å². The maximum atomic E-state index is 5.79. The fourth-order valence-electron chi connectivity index (χ4n) is 2.01. The number of hydrogen-bond acceptors (Lipinski definition) is 4. The van der Waals surface area contributed by atoms with Crippen molar-refractivity contribution in [2.24, 2.45) is 0 Å². The van der Waals surface area contributed by atoms with Crippen molar-refractivity contribution in [3.8, 4) is 5.75 Å². The largest absolute Gasteiger partial charge is 0.494 e. The van der Waals surface area contributed by atoms with Crippen LogP contribution in [0.3, 0.4) is 0 Å². The van der Waals surface area contributed by atoms with E-state index in [1.165, 1.54) is 5.56 Å². The van der Waals surface area contributed by atoms with Crippen LogP contribution in [0.1, 0.15) is 12.0 Å². The summed E-state index contributed by atoms with van der Waals surface area (Å²) >= 11 is 0. The summed E-state index contributed by atoms with van der Waals surface area (Å²) in [7, 11) is 1.71. The first-order chi connectivity index (χ1) is 10.4. The molecule has 0 unspecified atom stereocenters. The predicted octanol–water partition coefficient (Wildman–Crippen LogP) is 2.09. The topological polar surface area (TPSA) is 48.3 Å². The van der Waals surface area contributed by atoms with Crippen LogP contribution in [0.15, 0.2) is 43.0 Å². The number of hydrogen-bond donors (Lipinski definition) is 1. The summed E-state index contributed by atoms with van der Waals surface area (Å²) in [6.45, 7) is 4.05. The lowest BCUT2D eigenvalue weighted by atomic mass is 10.2. The van der Waals surface area contributed by atoms with Crippen LogP contribution in [-0.2, 0) is 17.8 Å². The zero-order valence-corrected chi connectivity index (χ0v) is 12.5. The molecule has 0 aliphatic rings. The van der Waals surface area contributed by atoms with Gasteiger partial charge >= 0.3 is 0 Å². The molecule has 0 amide bonds. The zero-order chi connectivity index (χ0) is 14.8. The second-order valence-corrected chi connectivity index (χ2v) is 4.82. The zero-order valence-electron chi connectivity index (χ0n) is 12.5. The van der Waals surface area contributed by atoms with Gasteiger partial charge < -0.3 is 19.4 Å². The van der Waals surface area contributed by atoms with Gasteiger partial charge in [-0.2, -0.15) is 0 Å². The Balaban J connectivity index is 1.68. The van der Waals surface area contributed by atoms with Gasteiger partial charge in [0.2, 0.25) is 0 Å². The third kappa shape index (κ3) is 5.97. The number of aromatic nitrogens is 2. The van der Waals surface area contributed by atoms with Gasteiger partial charge in [-0.15, -0.1) is 0 Å². The Labute approximate surface area is 125 Å². The second-order valence-electron chi connectivity index (χ2n) is 4.82. The highest BCUT2D eigenvalue weighted by molar-refractivity contribution is 5.28. The van der Waals surface area contributed by atoms with Gasteiger partial charge in [-0.05, 0) is 24.1 Å². The molecule has 0 radical (unpaired) electrons. The van der Waals surface area contributed by atoms with E-state index in [1.54, 1.807) is 13.3 Å². The van der Waals surface area contributed by atoms with E-state index in [0.29, 0.717) is 6.61 Å². The Bertz CT molecular complexity index is 500. The second kappa shape index (κ2) is 9.15. The van der Waals surface area contributed by atoms with E-state index in [2.05, 4.69) is 27.0 Å². The van der Waals surface area contributed by atoms with E-state index < -0.39 is 0 Å². The third-order valence-electron chi connectivity index (χ3n) is 3.10. The average molecular weight is 289 g/mol. The average Bonchev–Trinajstić information content (AvgIpc) is 3.02. The number of rotatable bonds is 10. The smallest absolute Gasteiger partial charge is 0.119 e. The molecule has 0 fully saturated rings. The minimum atomic E-state index is 0.707. The molecule has 114 valence electrons. The minimum Gasteiger partial charge on any atom is -0.494 e. The number of methoxy groups -OCH3 is 1. The van der Waals surface area contributed by atoms with E-state index in [-0.39, 0.29) is 0 Å². The fraction of sp³-hybridized carbons (Fsp3) is 0.438. The molecule has 0 aliphatic heterocycles. The number of benzene rings is 1. The summed E-state index contributed by atoms with van der Waals surface area (Å²) in [6.07, 6.45) is 6.55. The van der Waals surface area contributed by atoms with Crippen molar-refractivity contribution in [3.63, 3.8) is 0 Å². The molecule has 1 aromatic heterocycles. The van der Waals surface area contributed by atoms with E-state index in [1.807, 2.05) is 24.7 Å². The van der Waals surface area contributed by atoms with Gasteiger partial charge in [0.15, 0.2) is 0 Å². The fourth-order valence-corrected chi connectivity index (χ4v) is 2.01. The molecule has 2 rings (SSSR count). The molecule has 0 saturated heterocycles. The highest BCUT2D eigenvalue weighted by Crippen LogP contribution is 2.13. The van der Waals surface area contributed by atoms with Crippen molar-refractivity contribution >= 4 is 0 Å². The van der Waals surface area contributed by atoms with E-state index in [9.17, 15) is 0 Å². The van der Waals surface area contributed by atoms with E-state index in [4.69, 9.17) is 9.47 Å². The van der Waals surface area contributed by atoms with Crippen LogP contribution < -0.4 is 10.1 Å². The molecule has 5 nitrogen and oxygen atoms in total. The van der Waals surface area contributed by atoms with Crippen molar-refractivity contribution in [2.75, 3.05) is 26.9 Å². The summed E-state index contributed by atoms with van der Waals surface area (Å²) < 4.78 is 12.8. The van der Waals surface area contributed by atoms with Gasteiger partial charge in [0.05, 0.1) is 19.5 Å². The molecule has 0 atom stereocenters. The summed E-state index contributed by atoms with van der Waals surface area (Å²) in [6, 6.07) is 8.20. The first-order valence-electron chi connectivity index (χ1n) is 7.25. The number of nitrogens with zero attached hydrogens (tertiary/aromatic N) is 2. The van der Waals surface area contributed by atoms with Crippen molar-refractivity contribution in [3.05, 3.63) is 48.5 Å². The highest BCUT2D eigenvalue weighted by Gasteiger charge is 1.98. The van der Waals surface area contributed by atoms with Crippen LogP contribution in [0.4, 0.5) is 0 Å². The molecule has 1 N–H and O–H groups in total. The van der Waals surface area contributed by atoms with Crippen LogP contribution in [-0.4, -0.2) is 36.4 Å². The van der Waals surface area contributed by atoms with E-state index in [0.717, 1.165) is 38.4 Å². The Morgan fingerprint density at radius 1 is 1.29 bits per heavy atom. The molecular formula is C16H23N3O2. The Hall–Kier alpha value is -1.85. The third-order valence-corrected chi connectivity index (χ3v) is 3.10. The first-order valence-corrected chi connectivity index (χ1v) is 7.25. The monoisotopic (exact) mass is 289 g/mol. The summed E-state index contributed by atoms with van der Waals surface area (Å²) in [5.41, 5.74) is 1.22. The molecule has 0 bridgehead atoms. The predicted molar refractivity (Wildman–Crippen MR) is 82.4 cm³/mol. The Kier molecular flexibility index (Phi) is 6.77. The molecule has 21 heavy (non-hydrogen) atoms. The Morgan fingerprint density at radius 3 is 3.05 bits per heavy atom. The number of ether oxygens (including phenoxy) is 2. The number of aryl methyl sites for hydroxylation is 1. The van der Waals surface area contributed by atoms with E-state index >= 15 is 0 Å². The molecule has 2 aromatic rings.